The highest BCUT2D eigenvalue weighted by atomic mass is 16.5. The highest BCUT2D eigenvalue weighted by Crippen LogP contribution is 2.18. The first-order valence-electron chi connectivity index (χ1n) is 5.73. The molecule has 0 aromatic heterocycles. The van der Waals surface area contributed by atoms with Crippen LogP contribution in [-0.2, 0) is 0 Å². The van der Waals surface area contributed by atoms with Crippen molar-refractivity contribution in [2.75, 3.05) is 6.73 Å². The van der Waals surface area contributed by atoms with Gasteiger partial charge in [0.2, 0.25) is 0 Å². The van der Waals surface area contributed by atoms with Gasteiger partial charge < -0.3 is 15.4 Å². The molecule has 2 amide bonds. The third-order valence-corrected chi connectivity index (χ3v) is 2.21. The summed E-state index contributed by atoms with van der Waals surface area (Å²) in [4.78, 5) is 11.3. The third-order valence-electron chi connectivity index (χ3n) is 2.21. The fourth-order valence-corrected chi connectivity index (χ4v) is 1.45. The minimum Gasteiger partial charge on any atom is -0.473 e. The summed E-state index contributed by atoms with van der Waals surface area (Å²) in [6, 6.07) is 5.84. The highest BCUT2D eigenvalue weighted by Gasteiger charge is 2.03. The first kappa shape index (κ1) is 13.4. The van der Waals surface area contributed by atoms with E-state index in [1.54, 1.807) is 0 Å². The summed E-state index contributed by atoms with van der Waals surface area (Å²) in [7, 11) is 0. The van der Waals surface area contributed by atoms with Gasteiger partial charge in [0.15, 0.2) is 6.73 Å². The summed E-state index contributed by atoms with van der Waals surface area (Å²) in [5.74, 6) is 0.792. The Bertz CT molecular complexity index is 389. The number of carbonyl (C=O) groups excluding carboxylic acids is 1. The molecule has 1 rings (SSSR count). The Morgan fingerprint density at radius 1 is 1.35 bits per heavy atom. The molecule has 4 nitrogen and oxygen atoms in total. The first-order chi connectivity index (χ1) is 7.99. The average Bonchev–Trinajstić information content (AvgIpc) is 2.20. The van der Waals surface area contributed by atoms with Crippen LogP contribution in [0.1, 0.15) is 25.0 Å². The Balaban J connectivity index is 2.38. The average molecular weight is 236 g/mol. The van der Waals surface area contributed by atoms with Crippen molar-refractivity contribution in [2.24, 2.45) is 0 Å². The third kappa shape index (κ3) is 4.76. The van der Waals surface area contributed by atoms with E-state index >= 15 is 0 Å². The molecular weight excluding hydrogens is 216 g/mol. The molecule has 1 aromatic rings. The van der Waals surface area contributed by atoms with Crippen LogP contribution in [0.3, 0.4) is 0 Å². The van der Waals surface area contributed by atoms with Gasteiger partial charge in [-0.05, 0) is 39.3 Å². The van der Waals surface area contributed by atoms with Crippen LogP contribution in [0.4, 0.5) is 4.79 Å². The predicted octanol–water partition coefficient (Wildman–Crippen LogP) is 2.35. The molecule has 0 radical (unpaired) electrons. The van der Waals surface area contributed by atoms with E-state index in [0.29, 0.717) is 0 Å². The lowest BCUT2D eigenvalue weighted by molar-refractivity contribution is 0.221. The standard InChI is InChI=1S/C13H20N2O2/c1-9(2)15-13(16)14-8-17-12-6-5-10(3)7-11(12)4/h5-7,9H,8H2,1-4H3,(H2,14,15,16). The molecule has 0 aliphatic heterocycles. The molecule has 0 atom stereocenters. The molecule has 1 aromatic carbocycles. The molecule has 0 saturated carbocycles. The number of nitrogens with one attached hydrogen (secondary N) is 2. The molecule has 0 aliphatic carbocycles. The van der Waals surface area contributed by atoms with Gasteiger partial charge >= 0.3 is 6.03 Å². The lowest BCUT2D eigenvalue weighted by Crippen LogP contribution is -2.41. The lowest BCUT2D eigenvalue weighted by Gasteiger charge is -2.12. The summed E-state index contributed by atoms with van der Waals surface area (Å²) in [6.45, 7) is 8.00. The zero-order valence-corrected chi connectivity index (χ0v) is 10.8. The maximum atomic E-state index is 11.3. The second-order valence-corrected chi connectivity index (χ2v) is 4.36. The van der Waals surface area contributed by atoms with Crippen molar-refractivity contribution < 1.29 is 9.53 Å². The number of hydrogen-bond donors (Lipinski definition) is 2. The summed E-state index contributed by atoms with van der Waals surface area (Å²) in [5, 5.41) is 5.35. The van der Waals surface area contributed by atoms with Crippen LogP contribution in [0.15, 0.2) is 18.2 Å². The van der Waals surface area contributed by atoms with Gasteiger partial charge in [0.1, 0.15) is 5.75 Å². The van der Waals surface area contributed by atoms with Gasteiger partial charge in [-0.25, -0.2) is 4.79 Å². The second-order valence-electron chi connectivity index (χ2n) is 4.36. The van der Waals surface area contributed by atoms with E-state index < -0.39 is 0 Å². The van der Waals surface area contributed by atoms with Crippen molar-refractivity contribution in [1.29, 1.82) is 0 Å². The SMILES string of the molecule is Cc1ccc(OCNC(=O)NC(C)C)c(C)c1. The molecule has 0 spiro atoms. The number of benzene rings is 1. The largest absolute Gasteiger partial charge is 0.473 e. The zero-order valence-electron chi connectivity index (χ0n) is 10.8. The van der Waals surface area contributed by atoms with Gasteiger partial charge in [0.05, 0.1) is 0 Å². The van der Waals surface area contributed by atoms with Gasteiger partial charge in [-0.2, -0.15) is 0 Å². The topological polar surface area (TPSA) is 50.4 Å². The van der Waals surface area contributed by atoms with Crippen molar-refractivity contribution in [1.82, 2.24) is 10.6 Å². The molecule has 4 heteroatoms. The Morgan fingerprint density at radius 3 is 2.65 bits per heavy atom. The summed E-state index contributed by atoms with van der Waals surface area (Å²) >= 11 is 0. The van der Waals surface area contributed by atoms with Crippen LogP contribution < -0.4 is 15.4 Å². The monoisotopic (exact) mass is 236 g/mol. The second kappa shape index (κ2) is 6.13. The number of urea groups is 1. The normalized spacial score (nSPS) is 10.2. The van der Waals surface area contributed by atoms with Crippen LogP contribution in [0.2, 0.25) is 0 Å². The van der Waals surface area contributed by atoms with E-state index in [0.717, 1.165) is 11.3 Å². The van der Waals surface area contributed by atoms with Crippen molar-refractivity contribution in [3.05, 3.63) is 29.3 Å². The van der Waals surface area contributed by atoms with Crippen LogP contribution in [0.5, 0.6) is 5.75 Å². The number of carbonyl (C=O) groups is 1. The van der Waals surface area contributed by atoms with E-state index in [2.05, 4.69) is 10.6 Å². The molecule has 17 heavy (non-hydrogen) atoms. The quantitative estimate of drug-likeness (QED) is 0.788. The molecule has 0 saturated heterocycles. The molecule has 0 unspecified atom stereocenters. The van der Waals surface area contributed by atoms with Crippen LogP contribution in [-0.4, -0.2) is 18.8 Å². The first-order valence-corrected chi connectivity index (χ1v) is 5.73. The summed E-state index contributed by atoms with van der Waals surface area (Å²) < 4.78 is 5.47. The molecule has 0 fully saturated rings. The smallest absolute Gasteiger partial charge is 0.317 e. The Labute approximate surface area is 102 Å². The molecular formula is C13H20N2O2. The predicted molar refractivity (Wildman–Crippen MR) is 68.2 cm³/mol. The van der Waals surface area contributed by atoms with E-state index in [-0.39, 0.29) is 18.8 Å². The van der Waals surface area contributed by atoms with Crippen molar-refractivity contribution >= 4 is 6.03 Å². The molecule has 2 N–H and O–H groups in total. The fourth-order valence-electron chi connectivity index (χ4n) is 1.45. The van der Waals surface area contributed by atoms with Gasteiger partial charge in [-0.1, -0.05) is 17.7 Å². The van der Waals surface area contributed by atoms with E-state index in [1.165, 1.54) is 5.56 Å². The Morgan fingerprint density at radius 2 is 2.06 bits per heavy atom. The van der Waals surface area contributed by atoms with E-state index in [4.69, 9.17) is 4.74 Å². The summed E-state index contributed by atoms with van der Waals surface area (Å²) in [5.41, 5.74) is 2.26. The van der Waals surface area contributed by atoms with E-state index in [1.807, 2.05) is 45.9 Å². The minimum absolute atomic E-state index is 0.121. The van der Waals surface area contributed by atoms with Gasteiger partial charge in [-0.15, -0.1) is 0 Å². The Hall–Kier alpha value is -1.71. The van der Waals surface area contributed by atoms with Crippen molar-refractivity contribution in [3.8, 4) is 5.75 Å². The Kier molecular flexibility index (Phi) is 4.82. The summed E-state index contributed by atoms with van der Waals surface area (Å²) in [6.07, 6.45) is 0. The van der Waals surface area contributed by atoms with Crippen LogP contribution in [0, 0.1) is 13.8 Å². The van der Waals surface area contributed by atoms with Gasteiger partial charge in [-0.3, -0.25) is 0 Å². The van der Waals surface area contributed by atoms with Crippen molar-refractivity contribution in [2.45, 2.75) is 33.7 Å². The molecule has 0 heterocycles. The highest BCUT2D eigenvalue weighted by molar-refractivity contribution is 5.73. The van der Waals surface area contributed by atoms with Crippen molar-refractivity contribution in [3.63, 3.8) is 0 Å². The minimum atomic E-state index is -0.218. The van der Waals surface area contributed by atoms with Gasteiger partial charge in [0, 0.05) is 6.04 Å². The number of hydrogen-bond acceptors (Lipinski definition) is 2. The zero-order chi connectivity index (χ0) is 12.8. The van der Waals surface area contributed by atoms with E-state index in [9.17, 15) is 4.79 Å². The number of rotatable bonds is 4. The molecule has 0 bridgehead atoms. The maximum Gasteiger partial charge on any atom is 0.317 e. The fraction of sp³-hybridized carbons (Fsp3) is 0.462. The molecule has 94 valence electrons. The van der Waals surface area contributed by atoms with Crippen LogP contribution >= 0.6 is 0 Å². The lowest BCUT2D eigenvalue weighted by atomic mass is 10.1. The maximum absolute atomic E-state index is 11.3. The van der Waals surface area contributed by atoms with Gasteiger partial charge in [0.25, 0.3) is 0 Å². The van der Waals surface area contributed by atoms with Crippen LogP contribution in [0.25, 0.3) is 0 Å². The molecule has 0 aliphatic rings. The number of amides is 2. The number of ether oxygens (including phenoxy) is 1. The number of aryl methyl sites for hydroxylation is 2.